The standard InChI is InChI=1S/C10H18N4O3S/c1-4-11-9(15)5-6-12-18(16,17)10-7(2)13-14-8(10)3/h12H,4-6H2,1-3H3,(H,11,15)(H,13,14). The van der Waals surface area contributed by atoms with Gasteiger partial charge in [-0.15, -0.1) is 0 Å². The molecule has 0 spiro atoms. The van der Waals surface area contributed by atoms with Crippen molar-refractivity contribution in [3.63, 3.8) is 0 Å². The van der Waals surface area contributed by atoms with E-state index in [1.807, 2.05) is 0 Å². The number of H-pyrrole nitrogens is 1. The number of rotatable bonds is 6. The number of carbonyl (C=O) groups is 1. The van der Waals surface area contributed by atoms with Gasteiger partial charge in [0.1, 0.15) is 4.90 Å². The van der Waals surface area contributed by atoms with Gasteiger partial charge in [0.05, 0.1) is 11.4 Å². The molecule has 1 rings (SSSR count). The Morgan fingerprint density at radius 2 is 2.06 bits per heavy atom. The molecule has 1 aromatic rings. The average molecular weight is 274 g/mol. The Kier molecular flexibility index (Phi) is 4.85. The van der Waals surface area contributed by atoms with Crippen LogP contribution in [0, 0.1) is 13.8 Å². The van der Waals surface area contributed by atoms with Crippen LogP contribution < -0.4 is 10.0 Å². The van der Waals surface area contributed by atoms with Crippen LogP contribution >= 0.6 is 0 Å². The lowest BCUT2D eigenvalue weighted by Crippen LogP contribution is -2.31. The summed E-state index contributed by atoms with van der Waals surface area (Å²) < 4.78 is 26.3. The number of sulfonamides is 1. The lowest BCUT2D eigenvalue weighted by atomic mass is 10.4. The summed E-state index contributed by atoms with van der Waals surface area (Å²) in [5.41, 5.74) is 0.899. The van der Waals surface area contributed by atoms with E-state index in [4.69, 9.17) is 0 Å². The van der Waals surface area contributed by atoms with Gasteiger partial charge in [-0.1, -0.05) is 0 Å². The Labute approximate surface area is 106 Å². The number of aromatic nitrogens is 2. The van der Waals surface area contributed by atoms with Gasteiger partial charge in [0, 0.05) is 19.5 Å². The first kappa shape index (κ1) is 14.7. The van der Waals surface area contributed by atoms with Gasteiger partial charge < -0.3 is 5.32 Å². The SMILES string of the molecule is CCNC(=O)CCNS(=O)(=O)c1c(C)n[nH]c1C. The summed E-state index contributed by atoms with van der Waals surface area (Å²) >= 11 is 0. The molecule has 0 aliphatic rings. The van der Waals surface area contributed by atoms with Gasteiger partial charge >= 0.3 is 0 Å². The van der Waals surface area contributed by atoms with Crippen LogP contribution in [0.3, 0.4) is 0 Å². The first-order valence-corrected chi connectivity index (χ1v) is 7.14. The molecule has 0 radical (unpaired) electrons. The number of aryl methyl sites for hydroxylation is 2. The lowest BCUT2D eigenvalue weighted by Gasteiger charge is -2.06. The summed E-state index contributed by atoms with van der Waals surface area (Å²) in [5, 5.41) is 9.04. The summed E-state index contributed by atoms with van der Waals surface area (Å²) in [7, 11) is -3.61. The van der Waals surface area contributed by atoms with Gasteiger partial charge in [0.15, 0.2) is 0 Å². The summed E-state index contributed by atoms with van der Waals surface area (Å²) in [6.07, 6.45) is 0.114. The van der Waals surface area contributed by atoms with Gasteiger partial charge in [-0.3, -0.25) is 9.89 Å². The molecular formula is C10H18N4O3S. The second-order valence-electron chi connectivity index (χ2n) is 3.86. The van der Waals surface area contributed by atoms with Crippen molar-refractivity contribution in [1.29, 1.82) is 0 Å². The monoisotopic (exact) mass is 274 g/mol. The molecule has 7 nitrogen and oxygen atoms in total. The maximum absolute atomic E-state index is 12.0. The normalized spacial score (nSPS) is 11.5. The minimum Gasteiger partial charge on any atom is -0.356 e. The number of carbonyl (C=O) groups excluding carboxylic acids is 1. The fourth-order valence-corrected chi connectivity index (χ4v) is 2.99. The molecule has 3 N–H and O–H groups in total. The van der Waals surface area contributed by atoms with Crippen LogP contribution in [0.2, 0.25) is 0 Å². The average Bonchev–Trinajstić information content (AvgIpc) is 2.59. The highest BCUT2D eigenvalue weighted by molar-refractivity contribution is 7.89. The molecule has 0 fully saturated rings. The van der Waals surface area contributed by atoms with Crippen LogP contribution in [0.5, 0.6) is 0 Å². The van der Waals surface area contributed by atoms with Crippen molar-refractivity contribution in [2.24, 2.45) is 0 Å². The molecule has 0 unspecified atom stereocenters. The van der Waals surface area contributed by atoms with Crippen LogP contribution in [-0.2, 0) is 14.8 Å². The predicted molar refractivity (Wildman–Crippen MR) is 66.6 cm³/mol. The van der Waals surface area contributed by atoms with E-state index in [0.717, 1.165) is 0 Å². The van der Waals surface area contributed by atoms with E-state index in [1.54, 1.807) is 20.8 Å². The molecule has 0 aromatic carbocycles. The second kappa shape index (κ2) is 5.96. The van der Waals surface area contributed by atoms with Crippen molar-refractivity contribution in [3.05, 3.63) is 11.4 Å². The van der Waals surface area contributed by atoms with Crippen molar-refractivity contribution >= 4 is 15.9 Å². The molecule has 0 aliphatic carbocycles. The van der Waals surface area contributed by atoms with Crippen LogP contribution in [0.25, 0.3) is 0 Å². The second-order valence-corrected chi connectivity index (χ2v) is 5.57. The topological polar surface area (TPSA) is 104 Å². The van der Waals surface area contributed by atoms with Crippen molar-refractivity contribution in [2.75, 3.05) is 13.1 Å². The zero-order chi connectivity index (χ0) is 13.8. The molecule has 0 saturated heterocycles. The summed E-state index contributed by atoms with van der Waals surface area (Å²) in [6.45, 7) is 5.66. The Hall–Kier alpha value is -1.41. The highest BCUT2D eigenvalue weighted by atomic mass is 32.2. The highest BCUT2D eigenvalue weighted by Crippen LogP contribution is 2.15. The third-order valence-electron chi connectivity index (χ3n) is 2.35. The zero-order valence-corrected chi connectivity index (χ0v) is 11.5. The van der Waals surface area contributed by atoms with Crippen molar-refractivity contribution in [1.82, 2.24) is 20.2 Å². The Balaban J connectivity index is 2.64. The number of nitrogens with zero attached hydrogens (tertiary/aromatic N) is 1. The molecule has 1 amide bonds. The van der Waals surface area contributed by atoms with Gasteiger partial charge in [-0.05, 0) is 20.8 Å². The van der Waals surface area contributed by atoms with Gasteiger partial charge in [0.2, 0.25) is 15.9 Å². The number of hydrogen-bond donors (Lipinski definition) is 3. The Morgan fingerprint density at radius 1 is 1.39 bits per heavy atom. The van der Waals surface area contributed by atoms with Gasteiger partial charge in [-0.25, -0.2) is 13.1 Å². The predicted octanol–water partition coefficient (Wildman–Crippen LogP) is -0.169. The van der Waals surface area contributed by atoms with E-state index in [-0.39, 0.29) is 23.8 Å². The molecule has 18 heavy (non-hydrogen) atoms. The van der Waals surface area contributed by atoms with E-state index in [2.05, 4.69) is 20.2 Å². The zero-order valence-electron chi connectivity index (χ0n) is 10.7. The maximum Gasteiger partial charge on any atom is 0.244 e. The fraction of sp³-hybridized carbons (Fsp3) is 0.600. The fourth-order valence-electron chi connectivity index (χ4n) is 1.59. The Bertz CT molecular complexity index is 502. The molecule has 0 saturated carbocycles. The van der Waals surface area contributed by atoms with E-state index in [1.165, 1.54) is 0 Å². The summed E-state index contributed by atoms with van der Waals surface area (Å²) in [6, 6.07) is 0. The molecule has 102 valence electrons. The molecular weight excluding hydrogens is 256 g/mol. The van der Waals surface area contributed by atoms with Crippen LogP contribution in [0.1, 0.15) is 24.7 Å². The summed E-state index contributed by atoms with van der Waals surface area (Å²) in [5.74, 6) is -0.180. The third-order valence-corrected chi connectivity index (χ3v) is 4.07. The summed E-state index contributed by atoms with van der Waals surface area (Å²) in [4.78, 5) is 11.3. The molecule has 0 aliphatic heterocycles. The minimum absolute atomic E-state index is 0.0677. The number of aromatic amines is 1. The van der Waals surface area contributed by atoms with E-state index in [9.17, 15) is 13.2 Å². The largest absolute Gasteiger partial charge is 0.356 e. The van der Waals surface area contributed by atoms with Crippen molar-refractivity contribution < 1.29 is 13.2 Å². The number of amides is 1. The van der Waals surface area contributed by atoms with E-state index >= 15 is 0 Å². The Morgan fingerprint density at radius 3 is 2.56 bits per heavy atom. The van der Waals surface area contributed by atoms with E-state index < -0.39 is 10.0 Å². The first-order chi connectivity index (χ1) is 8.38. The van der Waals surface area contributed by atoms with Crippen LogP contribution in [0.4, 0.5) is 0 Å². The number of hydrogen-bond acceptors (Lipinski definition) is 4. The van der Waals surface area contributed by atoms with Gasteiger partial charge in [-0.2, -0.15) is 5.10 Å². The van der Waals surface area contributed by atoms with E-state index in [0.29, 0.717) is 17.9 Å². The minimum atomic E-state index is -3.61. The number of nitrogens with one attached hydrogen (secondary N) is 3. The smallest absolute Gasteiger partial charge is 0.244 e. The molecule has 8 heteroatoms. The molecule has 1 heterocycles. The van der Waals surface area contributed by atoms with Crippen LogP contribution in [0.15, 0.2) is 4.90 Å². The molecule has 1 aromatic heterocycles. The highest BCUT2D eigenvalue weighted by Gasteiger charge is 2.21. The maximum atomic E-state index is 12.0. The van der Waals surface area contributed by atoms with Crippen molar-refractivity contribution in [3.8, 4) is 0 Å². The lowest BCUT2D eigenvalue weighted by molar-refractivity contribution is -0.120. The van der Waals surface area contributed by atoms with Crippen molar-refractivity contribution in [2.45, 2.75) is 32.1 Å². The third kappa shape index (κ3) is 3.54. The molecule has 0 atom stereocenters. The van der Waals surface area contributed by atoms with Gasteiger partial charge in [0.25, 0.3) is 0 Å². The first-order valence-electron chi connectivity index (χ1n) is 5.66. The van der Waals surface area contributed by atoms with Crippen LogP contribution in [-0.4, -0.2) is 37.6 Å². The quantitative estimate of drug-likeness (QED) is 0.670. The molecule has 0 bridgehead atoms.